The van der Waals surface area contributed by atoms with Crippen LogP contribution in [-0.4, -0.2) is 64.4 Å². The second kappa shape index (κ2) is 9.94. The summed E-state index contributed by atoms with van der Waals surface area (Å²) in [4.78, 5) is 17.8. The van der Waals surface area contributed by atoms with Crippen molar-refractivity contribution in [2.24, 2.45) is 5.92 Å². The van der Waals surface area contributed by atoms with Crippen LogP contribution in [0.2, 0.25) is 0 Å². The lowest BCUT2D eigenvalue weighted by Gasteiger charge is -2.39. The lowest BCUT2D eigenvalue weighted by Crippen LogP contribution is -2.45. The van der Waals surface area contributed by atoms with Gasteiger partial charge in [0.15, 0.2) is 0 Å². The van der Waals surface area contributed by atoms with E-state index in [0.717, 1.165) is 69.1 Å². The highest BCUT2D eigenvalue weighted by Crippen LogP contribution is 2.31. The van der Waals surface area contributed by atoms with Gasteiger partial charge in [-0.3, -0.25) is 14.4 Å². The molecular formula is C26H35FN4O2. The molecule has 5 rings (SSSR count). The van der Waals surface area contributed by atoms with Gasteiger partial charge in [-0.25, -0.2) is 4.39 Å². The van der Waals surface area contributed by atoms with Crippen LogP contribution in [0.3, 0.4) is 0 Å². The van der Waals surface area contributed by atoms with Gasteiger partial charge in [0.05, 0.1) is 37.7 Å². The normalized spacial score (nSPS) is 24.0. The number of fused-ring (bicyclic) bond motifs is 1. The Morgan fingerprint density at radius 1 is 1.09 bits per heavy atom. The van der Waals surface area contributed by atoms with Gasteiger partial charge < -0.3 is 9.64 Å². The van der Waals surface area contributed by atoms with Crippen molar-refractivity contribution in [3.05, 3.63) is 52.6 Å². The first kappa shape index (κ1) is 22.5. The average molecular weight is 455 g/mol. The van der Waals surface area contributed by atoms with Crippen LogP contribution in [0.15, 0.2) is 24.3 Å². The molecule has 0 unspecified atom stereocenters. The SMILES string of the molecule is Cc1nn(Cc2ccc(F)cc2)c2c1CCN(C(=O)CC1CCC(N3CCOCC3)CC1)C2. The molecule has 178 valence electrons. The van der Waals surface area contributed by atoms with Gasteiger partial charge in [-0.2, -0.15) is 5.10 Å². The Balaban J connectivity index is 1.18. The minimum Gasteiger partial charge on any atom is -0.379 e. The van der Waals surface area contributed by atoms with E-state index in [2.05, 4.69) is 4.90 Å². The number of halogens is 1. The number of hydrogen-bond acceptors (Lipinski definition) is 4. The van der Waals surface area contributed by atoms with E-state index in [9.17, 15) is 9.18 Å². The van der Waals surface area contributed by atoms with Crippen LogP contribution < -0.4 is 0 Å². The molecule has 0 atom stereocenters. The van der Waals surface area contributed by atoms with E-state index in [0.29, 0.717) is 31.5 Å². The van der Waals surface area contributed by atoms with Crippen LogP contribution in [0.1, 0.15) is 54.6 Å². The number of morpholine rings is 1. The lowest BCUT2D eigenvalue weighted by molar-refractivity contribution is -0.133. The molecule has 3 aliphatic rings. The standard InChI is InChI=1S/C26H35FN4O2/c1-19-24-10-11-30(18-25(24)31(28-19)17-21-2-6-22(27)7-3-21)26(32)16-20-4-8-23(9-5-20)29-12-14-33-15-13-29/h2-3,6-7,20,23H,4-5,8-18H2,1H3. The second-order valence-electron chi connectivity index (χ2n) is 9.89. The molecule has 2 aromatic rings. The molecule has 6 nitrogen and oxygen atoms in total. The molecule has 0 bridgehead atoms. The Kier molecular flexibility index (Phi) is 6.79. The predicted molar refractivity (Wildman–Crippen MR) is 124 cm³/mol. The number of carbonyl (C=O) groups is 1. The average Bonchev–Trinajstić information content (AvgIpc) is 3.16. The van der Waals surface area contributed by atoms with Crippen LogP contribution in [-0.2, 0) is 29.0 Å². The highest BCUT2D eigenvalue weighted by molar-refractivity contribution is 5.76. The van der Waals surface area contributed by atoms with Crippen LogP contribution in [0.25, 0.3) is 0 Å². The third-order valence-electron chi connectivity index (χ3n) is 7.78. The van der Waals surface area contributed by atoms with Gasteiger partial charge in [-0.15, -0.1) is 0 Å². The molecule has 7 heteroatoms. The van der Waals surface area contributed by atoms with Crippen LogP contribution in [0, 0.1) is 18.7 Å². The fraction of sp³-hybridized carbons (Fsp3) is 0.615. The number of nitrogens with zero attached hydrogens (tertiary/aromatic N) is 4. The van der Waals surface area contributed by atoms with Crippen molar-refractivity contribution in [1.29, 1.82) is 0 Å². The Labute approximate surface area is 195 Å². The van der Waals surface area contributed by atoms with Crippen molar-refractivity contribution in [3.63, 3.8) is 0 Å². The molecule has 1 saturated carbocycles. The Bertz CT molecular complexity index is 959. The number of ether oxygens (including phenoxy) is 1. The van der Waals surface area contributed by atoms with E-state index in [1.165, 1.54) is 30.5 Å². The monoisotopic (exact) mass is 454 g/mol. The number of carbonyl (C=O) groups excluding carboxylic acids is 1. The van der Waals surface area contributed by atoms with Crippen molar-refractivity contribution in [2.75, 3.05) is 32.8 Å². The Morgan fingerprint density at radius 2 is 1.82 bits per heavy atom. The van der Waals surface area contributed by atoms with E-state index in [1.54, 1.807) is 12.1 Å². The summed E-state index contributed by atoms with van der Waals surface area (Å²) < 4.78 is 20.8. The summed E-state index contributed by atoms with van der Waals surface area (Å²) in [5, 5.41) is 4.74. The zero-order valence-corrected chi connectivity index (χ0v) is 19.6. The highest BCUT2D eigenvalue weighted by atomic mass is 19.1. The van der Waals surface area contributed by atoms with Crippen LogP contribution >= 0.6 is 0 Å². The van der Waals surface area contributed by atoms with E-state index in [1.807, 2.05) is 16.5 Å². The molecule has 3 heterocycles. The van der Waals surface area contributed by atoms with Gasteiger partial charge in [0, 0.05) is 32.1 Å². The van der Waals surface area contributed by atoms with Crippen molar-refractivity contribution < 1.29 is 13.9 Å². The van der Waals surface area contributed by atoms with E-state index in [4.69, 9.17) is 9.84 Å². The summed E-state index contributed by atoms with van der Waals surface area (Å²) in [5.74, 6) is 0.554. The second-order valence-corrected chi connectivity index (χ2v) is 9.89. The maximum Gasteiger partial charge on any atom is 0.223 e. The van der Waals surface area contributed by atoms with Gasteiger partial charge in [-0.1, -0.05) is 12.1 Å². The van der Waals surface area contributed by atoms with Crippen LogP contribution in [0.4, 0.5) is 4.39 Å². The zero-order valence-electron chi connectivity index (χ0n) is 19.6. The van der Waals surface area contributed by atoms with E-state index < -0.39 is 0 Å². The van der Waals surface area contributed by atoms with Gasteiger partial charge in [0.25, 0.3) is 0 Å². The number of aromatic nitrogens is 2. The largest absolute Gasteiger partial charge is 0.379 e. The molecule has 0 N–H and O–H groups in total. The first-order chi connectivity index (χ1) is 16.1. The first-order valence-corrected chi connectivity index (χ1v) is 12.5. The molecule has 1 aromatic heterocycles. The minimum absolute atomic E-state index is 0.229. The lowest BCUT2D eigenvalue weighted by atomic mass is 9.83. The predicted octanol–water partition coefficient (Wildman–Crippen LogP) is 3.54. The molecule has 2 aliphatic heterocycles. The Hall–Kier alpha value is -2.25. The summed E-state index contributed by atoms with van der Waals surface area (Å²) in [6.45, 7) is 7.86. The molecule has 0 radical (unpaired) electrons. The molecular weight excluding hydrogens is 419 g/mol. The van der Waals surface area contributed by atoms with Crippen molar-refractivity contribution in [1.82, 2.24) is 19.6 Å². The summed E-state index contributed by atoms with van der Waals surface area (Å²) in [5.41, 5.74) is 4.46. The third-order valence-corrected chi connectivity index (χ3v) is 7.78. The maximum absolute atomic E-state index is 13.3. The summed E-state index contributed by atoms with van der Waals surface area (Å²) in [6, 6.07) is 7.25. The number of benzene rings is 1. The number of amides is 1. The number of hydrogen-bond donors (Lipinski definition) is 0. The van der Waals surface area contributed by atoms with E-state index >= 15 is 0 Å². The van der Waals surface area contributed by atoms with Gasteiger partial charge in [0.1, 0.15) is 5.82 Å². The fourth-order valence-electron chi connectivity index (χ4n) is 5.81. The van der Waals surface area contributed by atoms with Crippen molar-refractivity contribution in [2.45, 2.75) is 64.6 Å². The third kappa shape index (κ3) is 5.14. The van der Waals surface area contributed by atoms with Gasteiger partial charge in [0.2, 0.25) is 5.91 Å². The fourth-order valence-corrected chi connectivity index (χ4v) is 5.81. The maximum atomic E-state index is 13.3. The quantitative estimate of drug-likeness (QED) is 0.694. The highest BCUT2D eigenvalue weighted by Gasteiger charge is 2.31. The first-order valence-electron chi connectivity index (χ1n) is 12.5. The molecule has 1 aliphatic carbocycles. The molecule has 1 aromatic carbocycles. The molecule has 0 spiro atoms. The van der Waals surface area contributed by atoms with Crippen molar-refractivity contribution in [3.8, 4) is 0 Å². The minimum atomic E-state index is -0.229. The smallest absolute Gasteiger partial charge is 0.223 e. The summed E-state index contributed by atoms with van der Waals surface area (Å²) >= 11 is 0. The molecule has 1 saturated heterocycles. The number of aryl methyl sites for hydroxylation is 1. The topological polar surface area (TPSA) is 50.6 Å². The number of rotatable bonds is 5. The summed E-state index contributed by atoms with van der Waals surface area (Å²) in [7, 11) is 0. The molecule has 1 amide bonds. The van der Waals surface area contributed by atoms with Crippen molar-refractivity contribution >= 4 is 5.91 Å². The Morgan fingerprint density at radius 3 is 2.55 bits per heavy atom. The zero-order chi connectivity index (χ0) is 22.8. The molecule has 33 heavy (non-hydrogen) atoms. The van der Waals surface area contributed by atoms with Crippen LogP contribution in [0.5, 0.6) is 0 Å². The van der Waals surface area contributed by atoms with Gasteiger partial charge >= 0.3 is 0 Å². The van der Waals surface area contributed by atoms with E-state index in [-0.39, 0.29) is 11.7 Å². The molecule has 2 fully saturated rings. The summed E-state index contributed by atoms with van der Waals surface area (Å²) in [6.07, 6.45) is 6.22. The van der Waals surface area contributed by atoms with Gasteiger partial charge in [-0.05, 0) is 68.2 Å².